The van der Waals surface area contributed by atoms with Gasteiger partial charge in [-0.2, -0.15) is 0 Å². The van der Waals surface area contributed by atoms with E-state index in [-0.39, 0.29) is 18.1 Å². The zero-order chi connectivity index (χ0) is 14.1. The van der Waals surface area contributed by atoms with Crippen molar-refractivity contribution >= 4 is 34.8 Å². The van der Waals surface area contributed by atoms with E-state index in [4.69, 9.17) is 0 Å². The van der Waals surface area contributed by atoms with Crippen LogP contribution in [0, 0.1) is 17.5 Å². The van der Waals surface area contributed by atoms with Crippen molar-refractivity contribution in [3.8, 4) is 0 Å². The number of hydrogen-bond donors (Lipinski definition) is 1. The first-order valence-electron chi connectivity index (χ1n) is 5.76. The Labute approximate surface area is 124 Å². The van der Waals surface area contributed by atoms with Gasteiger partial charge in [0.05, 0.1) is 5.52 Å². The number of nitrogens with one attached hydrogen (secondary N) is 1. The SMILES string of the molecule is Cl.Fc1cc(Nc2ncnc3ccccc23)cc(F)c1F. The van der Waals surface area contributed by atoms with Crippen molar-refractivity contribution < 1.29 is 13.2 Å². The van der Waals surface area contributed by atoms with Gasteiger partial charge in [0.25, 0.3) is 0 Å². The summed E-state index contributed by atoms with van der Waals surface area (Å²) in [7, 11) is 0. The molecular formula is C14H9ClF3N3. The van der Waals surface area contributed by atoms with Crippen LogP contribution in [0.15, 0.2) is 42.7 Å². The van der Waals surface area contributed by atoms with Crippen LogP contribution in [-0.4, -0.2) is 9.97 Å². The van der Waals surface area contributed by atoms with E-state index in [1.165, 1.54) is 6.33 Å². The highest BCUT2D eigenvalue weighted by atomic mass is 35.5. The monoisotopic (exact) mass is 311 g/mol. The number of rotatable bonds is 2. The van der Waals surface area contributed by atoms with Crippen LogP contribution in [-0.2, 0) is 0 Å². The summed E-state index contributed by atoms with van der Waals surface area (Å²) in [5.41, 5.74) is 0.762. The molecule has 3 nitrogen and oxygen atoms in total. The quantitative estimate of drug-likeness (QED) is 0.720. The van der Waals surface area contributed by atoms with E-state index < -0.39 is 17.5 Å². The maximum absolute atomic E-state index is 13.2. The smallest absolute Gasteiger partial charge is 0.194 e. The number of fused-ring (bicyclic) bond motifs is 1. The van der Waals surface area contributed by atoms with E-state index in [1.807, 2.05) is 6.07 Å². The van der Waals surface area contributed by atoms with Crippen LogP contribution in [0.4, 0.5) is 24.7 Å². The number of halogens is 4. The van der Waals surface area contributed by atoms with Gasteiger partial charge in [0, 0.05) is 23.2 Å². The molecule has 1 aromatic heterocycles. The Morgan fingerprint density at radius 1 is 0.905 bits per heavy atom. The second-order valence-corrected chi connectivity index (χ2v) is 4.12. The van der Waals surface area contributed by atoms with Crippen LogP contribution in [0.5, 0.6) is 0 Å². The minimum absolute atomic E-state index is 0. The first kappa shape index (κ1) is 15.1. The van der Waals surface area contributed by atoms with Crippen LogP contribution >= 0.6 is 12.4 Å². The average Bonchev–Trinajstić information content (AvgIpc) is 2.45. The molecule has 2 aromatic carbocycles. The lowest BCUT2D eigenvalue weighted by Gasteiger charge is -2.08. The van der Waals surface area contributed by atoms with Crippen LogP contribution in [0.3, 0.4) is 0 Å². The normalized spacial score (nSPS) is 10.2. The van der Waals surface area contributed by atoms with Gasteiger partial charge >= 0.3 is 0 Å². The van der Waals surface area contributed by atoms with Crippen molar-refractivity contribution in [1.82, 2.24) is 9.97 Å². The van der Waals surface area contributed by atoms with E-state index in [2.05, 4.69) is 15.3 Å². The molecule has 21 heavy (non-hydrogen) atoms. The third-order valence-electron chi connectivity index (χ3n) is 2.79. The molecule has 3 rings (SSSR count). The topological polar surface area (TPSA) is 37.8 Å². The first-order valence-corrected chi connectivity index (χ1v) is 5.76. The maximum Gasteiger partial charge on any atom is 0.194 e. The van der Waals surface area contributed by atoms with Gasteiger partial charge in [-0.15, -0.1) is 12.4 Å². The number of nitrogens with zero attached hydrogens (tertiary/aromatic N) is 2. The predicted octanol–water partition coefficient (Wildman–Crippen LogP) is 4.21. The third-order valence-corrected chi connectivity index (χ3v) is 2.79. The summed E-state index contributed by atoms with van der Waals surface area (Å²) in [5, 5.41) is 3.45. The Morgan fingerprint density at radius 2 is 1.57 bits per heavy atom. The molecule has 0 aliphatic rings. The summed E-state index contributed by atoms with van der Waals surface area (Å²) >= 11 is 0. The van der Waals surface area contributed by atoms with Gasteiger partial charge in [-0.3, -0.25) is 0 Å². The highest BCUT2D eigenvalue weighted by Crippen LogP contribution is 2.24. The lowest BCUT2D eigenvalue weighted by atomic mass is 10.2. The van der Waals surface area contributed by atoms with E-state index >= 15 is 0 Å². The number of hydrogen-bond acceptors (Lipinski definition) is 3. The predicted molar refractivity (Wildman–Crippen MR) is 76.4 cm³/mol. The minimum Gasteiger partial charge on any atom is -0.339 e. The van der Waals surface area contributed by atoms with Gasteiger partial charge < -0.3 is 5.32 Å². The third kappa shape index (κ3) is 2.90. The van der Waals surface area contributed by atoms with Crippen molar-refractivity contribution in [2.75, 3.05) is 5.32 Å². The Bertz CT molecular complexity index is 767. The summed E-state index contributed by atoms with van der Waals surface area (Å²) in [6.07, 6.45) is 1.33. The summed E-state index contributed by atoms with van der Waals surface area (Å²) in [4.78, 5) is 8.10. The molecule has 0 bridgehead atoms. The highest BCUT2D eigenvalue weighted by Gasteiger charge is 2.11. The molecule has 0 radical (unpaired) electrons. The first-order chi connectivity index (χ1) is 9.65. The zero-order valence-corrected chi connectivity index (χ0v) is 11.3. The Morgan fingerprint density at radius 3 is 2.29 bits per heavy atom. The molecule has 108 valence electrons. The highest BCUT2D eigenvalue weighted by molar-refractivity contribution is 5.90. The molecule has 0 atom stereocenters. The fraction of sp³-hybridized carbons (Fsp3) is 0. The second kappa shape index (κ2) is 5.97. The fourth-order valence-corrected chi connectivity index (χ4v) is 1.87. The lowest BCUT2D eigenvalue weighted by Crippen LogP contribution is -1.99. The molecule has 0 unspecified atom stereocenters. The molecule has 7 heteroatoms. The Kier molecular flexibility index (Phi) is 4.28. The molecular weight excluding hydrogens is 303 g/mol. The zero-order valence-electron chi connectivity index (χ0n) is 10.5. The number of benzene rings is 2. The van der Waals surface area contributed by atoms with Crippen LogP contribution in [0.1, 0.15) is 0 Å². The number of aromatic nitrogens is 2. The standard InChI is InChI=1S/C14H8F3N3.ClH/c15-10-5-8(6-11(16)13(10)17)20-14-9-3-1-2-4-12(9)18-7-19-14;/h1-7H,(H,18,19,20);1H. The van der Waals surface area contributed by atoms with Crippen molar-refractivity contribution in [3.05, 3.63) is 60.2 Å². The molecule has 3 aromatic rings. The molecule has 0 saturated carbocycles. The largest absolute Gasteiger partial charge is 0.339 e. The van der Waals surface area contributed by atoms with Gasteiger partial charge in [0.2, 0.25) is 0 Å². The molecule has 0 aliphatic heterocycles. The van der Waals surface area contributed by atoms with Crippen LogP contribution in [0.2, 0.25) is 0 Å². The minimum atomic E-state index is -1.50. The average molecular weight is 312 g/mol. The van der Waals surface area contributed by atoms with Gasteiger partial charge in [0.15, 0.2) is 17.5 Å². The summed E-state index contributed by atoms with van der Waals surface area (Å²) in [6, 6.07) is 8.91. The van der Waals surface area contributed by atoms with Crippen molar-refractivity contribution in [2.24, 2.45) is 0 Å². The van der Waals surface area contributed by atoms with Gasteiger partial charge in [-0.05, 0) is 12.1 Å². The molecule has 0 aliphatic carbocycles. The molecule has 0 fully saturated rings. The molecule has 1 heterocycles. The number of anilines is 2. The molecule has 0 amide bonds. The van der Waals surface area contributed by atoms with E-state index in [1.54, 1.807) is 18.2 Å². The van der Waals surface area contributed by atoms with Gasteiger partial charge in [-0.25, -0.2) is 23.1 Å². The summed E-state index contributed by atoms with van der Waals surface area (Å²) in [5.74, 6) is -3.62. The second-order valence-electron chi connectivity index (χ2n) is 4.12. The van der Waals surface area contributed by atoms with Crippen LogP contribution < -0.4 is 5.32 Å². The van der Waals surface area contributed by atoms with E-state index in [0.29, 0.717) is 16.7 Å². The number of para-hydroxylation sites is 1. The maximum atomic E-state index is 13.2. The Hall–Kier alpha value is -2.34. The molecule has 1 N–H and O–H groups in total. The van der Waals surface area contributed by atoms with E-state index in [9.17, 15) is 13.2 Å². The fourth-order valence-electron chi connectivity index (χ4n) is 1.87. The summed E-state index contributed by atoms with van der Waals surface area (Å²) in [6.45, 7) is 0. The van der Waals surface area contributed by atoms with E-state index in [0.717, 1.165) is 12.1 Å². The van der Waals surface area contributed by atoms with Crippen molar-refractivity contribution in [1.29, 1.82) is 0 Å². The van der Waals surface area contributed by atoms with Gasteiger partial charge in [-0.1, -0.05) is 12.1 Å². The van der Waals surface area contributed by atoms with Gasteiger partial charge in [0.1, 0.15) is 12.1 Å². The molecule has 0 spiro atoms. The van der Waals surface area contributed by atoms with Crippen molar-refractivity contribution in [2.45, 2.75) is 0 Å². The Balaban J connectivity index is 0.00000161. The molecule has 0 saturated heterocycles. The van der Waals surface area contributed by atoms with Crippen molar-refractivity contribution in [3.63, 3.8) is 0 Å². The van der Waals surface area contributed by atoms with Crippen LogP contribution in [0.25, 0.3) is 10.9 Å². The summed E-state index contributed by atoms with van der Waals surface area (Å²) < 4.78 is 39.2. The lowest BCUT2D eigenvalue weighted by molar-refractivity contribution is 0.448.